The van der Waals surface area contributed by atoms with Crippen molar-refractivity contribution in [1.29, 1.82) is 0 Å². The van der Waals surface area contributed by atoms with Crippen LogP contribution in [0.1, 0.15) is 41.0 Å². The van der Waals surface area contributed by atoms with Gasteiger partial charge in [-0.2, -0.15) is 4.98 Å². The summed E-state index contributed by atoms with van der Waals surface area (Å²) in [6.45, 7) is 6.03. The fourth-order valence-electron chi connectivity index (χ4n) is 2.54. The number of rotatable bonds is 9. The van der Waals surface area contributed by atoms with Gasteiger partial charge in [0, 0.05) is 38.7 Å². The van der Waals surface area contributed by atoms with Crippen molar-refractivity contribution >= 4 is 35.8 Å². The van der Waals surface area contributed by atoms with E-state index in [4.69, 9.17) is 4.52 Å². The highest BCUT2D eigenvalue weighted by molar-refractivity contribution is 14.0. The molecule has 28 heavy (non-hydrogen) atoms. The second-order valence-corrected chi connectivity index (χ2v) is 6.06. The van der Waals surface area contributed by atoms with Gasteiger partial charge in [-0.3, -0.25) is 9.79 Å². The van der Waals surface area contributed by atoms with E-state index < -0.39 is 0 Å². The summed E-state index contributed by atoms with van der Waals surface area (Å²) in [5.74, 6) is 2.01. The first-order chi connectivity index (χ1) is 13.1. The lowest BCUT2D eigenvalue weighted by atomic mass is 10.1. The molecule has 0 aliphatic carbocycles. The zero-order chi connectivity index (χ0) is 19.5. The third kappa shape index (κ3) is 8.24. The normalized spacial score (nSPS) is 10.9. The lowest BCUT2D eigenvalue weighted by molar-refractivity contribution is 0.0963. The predicted octanol–water partition coefficient (Wildman–Crippen LogP) is 2.09. The summed E-state index contributed by atoms with van der Waals surface area (Å²) in [5.41, 5.74) is 1.78. The minimum atomic E-state index is -0.0730. The number of carbonyl (C=O) groups excluding carboxylic acids is 1. The highest BCUT2D eigenvalue weighted by Gasteiger charge is 2.05. The van der Waals surface area contributed by atoms with Gasteiger partial charge in [-0.25, -0.2) is 0 Å². The van der Waals surface area contributed by atoms with Crippen molar-refractivity contribution in [2.45, 2.75) is 33.1 Å². The Labute approximate surface area is 183 Å². The molecule has 9 heteroatoms. The van der Waals surface area contributed by atoms with Crippen LogP contribution in [-0.2, 0) is 12.8 Å². The van der Waals surface area contributed by atoms with E-state index in [-0.39, 0.29) is 29.9 Å². The smallest absolute Gasteiger partial charge is 0.251 e. The Bertz CT molecular complexity index is 762. The van der Waals surface area contributed by atoms with Crippen LogP contribution in [-0.4, -0.2) is 48.7 Å². The zero-order valence-electron chi connectivity index (χ0n) is 16.6. The molecule has 1 amide bonds. The molecule has 2 aromatic rings. The van der Waals surface area contributed by atoms with Gasteiger partial charge in [0.05, 0.1) is 0 Å². The molecule has 0 unspecified atom stereocenters. The van der Waals surface area contributed by atoms with E-state index >= 15 is 0 Å². The van der Waals surface area contributed by atoms with Crippen LogP contribution in [0, 0.1) is 6.92 Å². The quantitative estimate of drug-likeness (QED) is 0.211. The lowest BCUT2D eigenvalue weighted by Crippen LogP contribution is -2.38. The molecule has 0 aliphatic rings. The van der Waals surface area contributed by atoms with E-state index in [2.05, 4.69) is 31.1 Å². The molecule has 0 saturated carbocycles. The van der Waals surface area contributed by atoms with Gasteiger partial charge in [-0.05, 0) is 44.4 Å². The molecule has 0 atom stereocenters. The van der Waals surface area contributed by atoms with E-state index in [1.807, 2.05) is 38.1 Å². The molecular formula is C19H29IN6O2. The van der Waals surface area contributed by atoms with Crippen LogP contribution in [0.25, 0.3) is 0 Å². The molecule has 1 aromatic carbocycles. The van der Waals surface area contributed by atoms with Crippen molar-refractivity contribution in [3.05, 3.63) is 47.1 Å². The van der Waals surface area contributed by atoms with Gasteiger partial charge < -0.3 is 20.5 Å². The summed E-state index contributed by atoms with van der Waals surface area (Å²) >= 11 is 0. The van der Waals surface area contributed by atoms with Crippen molar-refractivity contribution < 1.29 is 9.32 Å². The van der Waals surface area contributed by atoms with E-state index in [1.54, 1.807) is 7.05 Å². The maximum absolute atomic E-state index is 11.7. The number of amides is 1. The molecule has 154 valence electrons. The first kappa shape index (κ1) is 23.9. The highest BCUT2D eigenvalue weighted by atomic mass is 127. The Hall–Kier alpha value is -2.17. The number of hydrogen-bond acceptors (Lipinski definition) is 5. The third-order valence-electron chi connectivity index (χ3n) is 3.85. The van der Waals surface area contributed by atoms with Crippen molar-refractivity contribution in [1.82, 2.24) is 26.1 Å². The molecule has 3 N–H and O–H groups in total. The number of aliphatic imine (C=N–C) groups is 1. The van der Waals surface area contributed by atoms with Crippen LogP contribution in [0.15, 0.2) is 33.8 Å². The van der Waals surface area contributed by atoms with Crippen molar-refractivity contribution in [3.63, 3.8) is 0 Å². The maximum Gasteiger partial charge on any atom is 0.251 e. The summed E-state index contributed by atoms with van der Waals surface area (Å²) in [7, 11) is 1.63. The van der Waals surface area contributed by atoms with Crippen LogP contribution >= 0.6 is 24.0 Å². The Morgan fingerprint density at radius 2 is 2.07 bits per heavy atom. The summed E-state index contributed by atoms with van der Waals surface area (Å²) in [6, 6.07) is 7.64. The average molecular weight is 500 g/mol. The Balaban J connectivity index is 0.00000392. The van der Waals surface area contributed by atoms with E-state index in [0.717, 1.165) is 43.9 Å². The molecule has 8 nitrogen and oxygen atoms in total. The Morgan fingerprint density at radius 3 is 2.75 bits per heavy atom. The second kappa shape index (κ2) is 13.1. The molecule has 2 rings (SSSR count). The SMILES string of the molecule is CCNC(=NCCCc1nc(C)no1)NCCc1cccc(C(=O)NC)c1.I. The van der Waals surface area contributed by atoms with Crippen molar-refractivity contribution in [2.75, 3.05) is 26.7 Å². The summed E-state index contributed by atoms with van der Waals surface area (Å²) in [4.78, 5) is 20.5. The molecular weight excluding hydrogens is 471 g/mol. The fraction of sp³-hybridized carbons (Fsp3) is 0.474. The number of hydrogen-bond donors (Lipinski definition) is 3. The number of halogens is 1. The number of carbonyl (C=O) groups is 1. The number of nitrogens with one attached hydrogen (secondary N) is 3. The third-order valence-corrected chi connectivity index (χ3v) is 3.85. The Kier molecular flexibility index (Phi) is 11.2. The van der Waals surface area contributed by atoms with Crippen molar-refractivity contribution in [2.24, 2.45) is 4.99 Å². The van der Waals surface area contributed by atoms with E-state index in [1.165, 1.54) is 0 Å². The largest absolute Gasteiger partial charge is 0.357 e. The number of benzene rings is 1. The van der Waals surface area contributed by atoms with Crippen LogP contribution in [0.2, 0.25) is 0 Å². The standard InChI is InChI=1S/C19H28N6O2.HI/c1-4-21-19(22-11-6-9-17-24-14(2)25-27-17)23-12-10-15-7-5-8-16(13-15)18(26)20-3;/h5,7-8,13H,4,6,9-12H2,1-3H3,(H,20,26)(H2,21,22,23);1H. The number of aryl methyl sites for hydroxylation is 2. The maximum atomic E-state index is 11.7. The van der Waals surface area contributed by atoms with Gasteiger partial charge in [0.25, 0.3) is 5.91 Å². The highest BCUT2D eigenvalue weighted by Crippen LogP contribution is 2.05. The van der Waals surface area contributed by atoms with E-state index in [9.17, 15) is 4.79 Å². The molecule has 0 aliphatic heterocycles. The van der Waals surface area contributed by atoms with Gasteiger partial charge in [0.1, 0.15) is 0 Å². The van der Waals surface area contributed by atoms with Crippen LogP contribution in [0.5, 0.6) is 0 Å². The lowest BCUT2D eigenvalue weighted by Gasteiger charge is -2.11. The number of guanidine groups is 1. The van der Waals surface area contributed by atoms with Gasteiger partial charge in [-0.15, -0.1) is 24.0 Å². The molecule has 1 heterocycles. The summed E-state index contributed by atoms with van der Waals surface area (Å²) < 4.78 is 5.10. The van der Waals surface area contributed by atoms with Gasteiger partial charge >= 0.3 is 0 Å². The first-order valence-electron chi connectivity index (χ1n) is 9.24. The molecule has 0 saturated heterocycles. The van der Waals surface area contributed by atoms with Crippen LogP contribution in [0.3, 0.4) is 0 Å². The predicted molar refractivity (Wildman–Crippen MR) is 120 cm³/mol. The topological polar surface area (TPSA) is 104 Å². The monoisotopic (exact) mass is 500 g/mol. The summed E-state index contributed by atoms with van der Waals surface area (Å²) in [5, 5.41) is 13.0. The fourth-order valence-corrected chi connectivity index (χ4v) is 2.54. The Morgan fingerprint density at radius 1 is 1.25 bits per heavy atom. The first-order valence-corrected chi connectivity index (χ1v) is 9.24. The number of aromatic nitrogens is 2. The van der Waals surface area contributed by atoms with Crippen molar-refractivity contribution in [3.8, 4) is 0 Å². The van der Waals surface area contributed by atoms with Gasteiger partial charge in [-0.1, -0.05) is 17.3 Å². The van der Waals surface area contributed by atoms with E-state index in [0.29, 0.717) is 23.8 Å². The van der Waals surface area contributed by atoms with Gasteiger partial charge in [0.2, 0.25) is 5.89 Å². The zero-order valence-corrected chi connectivity index (χ0v) is 18.9. The second-order valence-electron chi connectivity index (χ2n) is 6.06. The minimum absolute atomic E-state index is 0. The molecule has 0 spiro atoms. The molecule has 1 aromatic heterocycles. The average Bonchev–Trinajstić information content (AvgIpc) is 3.10. The minimum Gasteiger partial charge on any atom is -0.357 e. The molecule has 0 bridgehead atoms. The number of nitrogens with zero attached hydrogens (tertiary/aromatic N) is 3. The van der Waals surface area contributed by atoms with Crippen LogP contribution in [0.4, 0.5) is 0 Å². The van der Waals surface area contributed by atoms with Crippen LogP contribution < -0.4 is 16.0 Å². The summed E-state index contributed by atoms with van der Waals surface area (Å²) in [6.07, 6.45) is 2.36. The van der Waals surface area contributed by atoms with Gasteiger partial charge in [0.15, 0.2) is 11.8 Å². The molecule has 0 fully saturated rings. The molecule has 0 radical (unpaired) electrons.